The Morgan fingerprint density at radius 2 is 1.72 bits per heavy atom. The van der Waals surface area contributed by atoms with E-state index in [0.717, 1.165) is 50.0 Å². The molecule has 0 bridgehead atoms. The monoisotopic (exact) mass is 475 g/mol. The Labute approximate surface area is 202 Å². The van der Waals surface area contributed by atoms with E-state index in [0.29, 0.717) is 18.0 Å². The van der Waals surface area contributed by atoms with Gasteiger partial charge in [0.25, 0.3) is 5.91 Å². The third kappa shape index (κ3) is 6.48. The number of piperidine rings is 1. The van der Waals surface area contributed by atoms with Gasteiger partial charge in [0.05, 0.1) is 0 Å². The number of carbonyl (C=O) groups excluding carboxylic acids is 1. The summed E-state index contributed by atoms with van der Waals surface area (Å²) in [5, 5.41) is 3.24. The number of carbonyl (C=O) groups is 1. The van der Waals surface area contributed by atoms with E-state index in [1.807, 2.05) is 54.6 Å². The molecule has 0 unspecified atom stereocenters. The van der Waals surface area contributed by atoms with E-state index < -0.39 is 4.33 Å². The number of nitrogens with zero attached hydrogens (tertiary/aromatic N) is 1. The van der Waals surface area contributed by atoms with Gasteiger partial charge in [-0.15, -0.1) is 0 Å². The fourth-order valence-corrected chi connectivity index (χ4v) is 5.01. The lowest BCUT2D eigenvalue weighted by Crippen LogP contribution is -2.49. The van der Waals surface area contributed by atoms with Crippen molar-refractivity contribution < 1.29 is 4.79 Å². The normalized spacial score (nSPS) is 16.8. The van der Waals surface area contributed by atoms with Crippen LogP contribution in [0.15, 0.2) is 54.6 Å². The minimum Gasteiger partial charge on any atom is -0.348 e. The molecule has 1 fully saturated rings. The Balaban J connectivity index is 1.55. The molecule has 3 rings (SSSR count). The van der Waals surface area contributed by atoms with Gasteiger partial charge < -0.3 is 16.0 Å². The van der Waals surface area contributed by atoms with Crippen molar-refractivity contribution in [3.05, 3.63) is 71.3 Å². The van der Waals surface area contributed by atoms with E-state index >= 15 is 0 Å². The maximum Gasteiger partial charge on any atom is 0.251 e. The van der Waals surface area contributed by atoms with E-state index in [1.165, 1.54) is 0 Å². The van der Waals surface area contributed by atoms with Crippen molar-refractivity contribution in [2.45, 2.75) is 43.5 Å². The quantitative estimate of drug-likeness (QED) is 0.502. The maximum atomic E-state index is 12.8. The standard InChI is InChI=1S/C26H35Cl2N3O/c1-19(2)24(30-25(32)21-10-8-20(9-11-21)12-15-29)18-31-16-13-23(14-17-31)26(27,28)22-6-4-3-5-7-22/h3-11,19,23-24H,12-18,29H2,1-2H3,(H,30,32)/t24-/m0/s1. The molecule has 1 saturated heterocycles. The highest BCUT2D eigenvalue weighted by Crippen LogP contribution is 2.45. The summed E-state index contributed by atoms with van der Waals surface area (Å²) < 4.78 is -0.866. The minimum atomic E-state index is -0.866. The van der Waals surface area contributed by atoms with Crippen LogP contribution in [0.3, 0.4) is 0 Å². The summed E-state index contributed by atoms with van der Waals surface area (Å²) in [6.07, 6.45) is 2.69. The van der Waals surface area contributed by atoms with E-state index in [4.69, 9.17) is 28.9 Å². The third-order valence-corrected chi connectivity index (χ3v) is 7.54. The second kappa shape index (κ2) is 11.5. The number of rotatable bonds is 9. The van der Waals surface area contributed by atoms with Crippen LogP contribution in [0.25, 0.3) is 0 Å². The van der Waals surface area contributed by atoms with Gasteiger partial charge in [-0.05, 0) is 74.0 Å². The van der Waals surface area contributed by atoms with Gasteiger partial charge in [-0.3, -0.25) is 4.79 Å². The summed E-state index contributed by atoms with van der Waals surface area (Å²) in [7, 11) is 0. The number of halogens is 2. The van der Waals surface area contributed by atoms with Crippen LogP contribution in [0.5, 0.6) is 0 Å². The zero-order chi connectivity index (χ0) is 23.1. The molecule has 4 nitrogen and oxygen atoms in total. The molecule has 6 heteroatoms. The van der Waals surface area contributed by atoms with E-state index in [2.05, 4.69) is 24.1 Å². The first-order valence-corrected chi connectivity index (χ1v) is 12.3. The molecule has 0 radical (unpaired) electrons. The Kier molecular flexibility index (Phi) is 9.01. The first kappa shape index (κ1) is 25.0. The SMILES string of the molecule is CC(C)[C@H](CN1CCC(C(Cl)(Cl)c2ccccc2)CC1)NC(=O)c1ccc(CCN)cc1. The molecule has 1 heterocycles. The van der Waals surface area contributed by atoms with Crippen LogP contribution in [0, 0.1) is 11.8 Å². The third-order valence-electron chi connectivity index (χ3n) is 6.48. The summed E-state index contributed by atoms with van der Waals surface area (Å²) in [4.78, 5) is 15.2. The van der Waals surface area contributed by atoms with Crippen LogP contribution in [-0.2, 0) is 10.8 Å². The van der Waals surface area contributed by atoms with Gasteiger partial charge in [0.15, 0.2) is 0 Å². The highest BCUT2D eigenvalue weighted by Gasteiger charge is 2.38. The number of benzene rings is 2. The molecule has 0 saturated carbocycles. The van der Waals surface area contributed by atoms with Crippen molar-refractivity contribution in [3.63, 3.8) is 0 Å². The largest absolute Gasteiger partial charge is 0.348 e. The molecule has 1 amide bonds. The van der Waals surface area contributed by atoms with E-state index in [-0.39, 0.29) is 17.9 Å². The maximum absolute atomic E-state index is 12.8. The summed E-state index contributed by atoms with van der Waals surface area (Å²) in [6.45, 7) is 7.58. The second-order valence-electron chi connectivity index (χ2n) is 9.12. The average molecular weight is 476 g/mol. The van der Waals surface area contributed by atoms with Crippen LogP contribution in [-0.4, -0.2) is 43.0 Å². The number of amides is 1. The molecular formula is C26H35Cl2N3O. The fourth-order valence-electron chi connectivity index (χ4n) is 4.32. The molecule has 2 aromatic carbocycles. The first-order valence-electron chi connectivity index (χ1n) is 11.6. The number of likely N-dealkylation sites (tertiary alicyclic amines) is 1. The molecule has 3 N–H and O–H groups in total. The summed E-state index contributed by atoms with van der Waals surface area (Å²) in [5.41, 5.74) is 8.41. The number of nitrogens with two attached hydrogens (primary N) is 1. The molecule has 2 aromatic rings. The lowest BCUT2D eigenvalue weighted by molar-refractivity contribution is 0.0891. The predicted molar refractivity (Wildman–Crippen MR) is 134 cm³/mol. The number of hydrogen-bond acceptors (Lipinski definition) is 3. The summed E-state index contributed by atoms with van der Waals surface area (Å²) in [5.74, 6) is 0.517. The zero-order valence-corrected chi connectivity index (χ0v) is 20.6. The van der Waals surface area contributed by atoms with Crippen molar-refractivity contribution in [3.8, 4) is 0 Å². The molecule has 0 aliphatic carbocycles. The van der Waals surface area contributed by atoms with Crippen molar-refractivity contribution >= 4 is 29.1 Å². The Bertz CT molecular complexity index is 847. The molecule has 1 aliphatic heterocycles. The van der Waals surface area contributed by atoms with Gasteiger partial charge in [-0.25, -0.2) is 0 Å². The van der Waals surface area contributed by atoms with Gasteiger partial charge in [-0.2, -0.15) is 0 Å². The van der Waals surface area contributed by atoms with E-state index in [1.54, 1.807) is 0 Å². The van der Waals surface area contributed by atoms with Crippen molar-refractivity contribution in [2.24, 2.45) is 17.6 Å². The van der Waals surface area contributed by atoms with Gasteiger partial charge in [0.1, 0.15) is 4.33 Å². The second-order valence-corrected chi connectivity index (χ2v) is 10.5. The zero-order valence-electron chi connectivity index (χ0n) is 19.1. The minimum absolute atomic E-state index is 0.0255. The molecule has 1 atom stereocenters. The fraction of sp³-hybridized carbons (Fsp3) is 0.500. The number of nitrogens with one attached hydrogen (secondary N) is 1. The molecule has 1 aliphatic rings. The highest BCUT2D eigenvalue weighted by atomic mass is 35.5. The van der Waals surface area contributed by atoms with Crippen LogP contribution >= 0.6 is 23.2 Å². The molecule has 174 valence electrons. The number of hydrogen-bond donors (Lipinski definition) is 2. The summed E-state index contributed by atoms with van der Waals surface area (Å²) in [6, 6.07) is 17.7. The van der Waals surface area contributed by atoms with Gasteiger partial charge in [0, 0.05) is 18.2 Å². The Morgan fingerprint density at radius 1 is 1.09 bits per heavy atom. The van der Waals surface area contributed by atoms with Gasteiger partial charge in [-0.1, -0.05) is 79.5 Å². The van der Waals surface area contributed by atoms with Crippen LogP contribution in [0.4, 0.5) is 0 Å². The van der Waals surface area contributed by atoms with Crippen LogP contribution in [0.1, 0.15) is 48.2 Å². The first-order chi connectivity index (χ1) is 15.3. The van der Waals surface area contributed by atoms with E-state index in [9.17, 15) is 4.79 Å². The van der Waals surface area contributed by atoms with Crippen molar-refractivity contribution in [1.82, 2.24) is 10.2 Å². The smallest absolute Gasteiger partial charge is 0.251 e. The van der Waals surface area contributed by atoms with Gasteiger partial charge in [0.2, 0.25) is 0 Å². The van der Waals surface area contributed by atoms with Crippen molar-refractivity contribution in [1.29, 1.82) is 0 Å². The predicted octanol–water partition coefficient (Wildman–Crippen LogP) is 4.98. The highest BCUT2D eigenvalue weighted by molar-refractivity contribution is 6.48. The Morgan fingerprint density at radius 3 is 2.28 bits per heavy atom. The molecule has 0 aromatic heterocycles. The average Bonchev–Trinajstić information content (AvgIpc) is 2.80. The molecule has 32 heavy (non-hydrogen) atoms. The topological polar surface area (TPSA) is 58.4 Å². The van der Waals surface area contributed by atoms with Crippen molar-refractivity contribution in [2.75, 3.05) is 26.2 Å². The summed E-state index contributed by atoms with van der Waals surface area (Å²) >= 11 is 13.6. The van der Waals surface area contributed by atoms with Gasteiger partial charge >= 0.3 is 0 Å². The van der Waals surface area contributed by atoms with Crippen LogP contribution < -0.4 is 11.1 Å². The lowest BCUT2D eigenvalue weighted by Gasteiger charge is -2.39. The van der Waals surface area contributed by atoms with Crippen LogP contribution in [0.2, 0.25) is 0 Å². The molecular weight excluding hydrogens is 441 g/mol. The molecule has 0 spiro atoms. The number of alkyl halides is 2. The lowest BCUT2D eigenvalue weighted by atomic mass is 9.88. The Hall–Kier alpha value is -1.59.